The van der Waals surface area contributed by atoms with Crippen molar-refractivity contribution in [1.29, 1.82) is 0 Å². The van der Waals surface area contributed by atoms with Gasteiger partial charge in [-0.2, -0.15) is 0 Å². The molecular weight excluding hydrogens is 569 g/mol. The predicted molar refractivity (Wildman–Crippen MR) is 197 cm³/mol. The Kier molecular flexibility index (Phi) is 5.60. The van der Waals surface area contributed by atoms with E-state index in [2.05, 4.69) is 148 Å². The first-order valence-electron chi connectivity index (χ1n) is 15.3. The Morgan fingerprint density at radius 3 is 1.34 bits per heavy atom. The van der Waals surface area contributed by atoms with E-state index in [-0.39, 0.29) is 5.41 Å². The van der Waals surface area contributed by atoms with Crippen molar-refractivity contribution in [2.24, 2.45) is 0 Å². The maximum Gasteiger partial charge on any atom is 0.0434 e. The zero-order chi connectivity index (χ0) is 29.6. The van der Waals surface area contributed by atoms with Crippen LogP contribution in [0.1, 0.15) is 26.3 Å². The standard InChI is InChI=1S/C42H30S2/c1-42(2,3)25-22-23-30-35(24-25)39(34-19-11-17-32-27-13-7-9-21-37(27)44-41(32)34)29-15-5-4-14-28(29)38(30)33-18-10-16-31-26-12-6-8-20-36(26)43-40(31)33/h4-24H,1-3H3. The van der Waals surface area contributed by atoms with E-state index < -0.39 is 0 Å². The smallest absolute Gasteiger partial charge is 0.0434 e. The van der Waals surface area contributed by atoms with Crippen LogP contribution in [0.3, 0.4) is 0 Å². The molecule has 0 aliphatic heterocycles. The van der Waals surface area contributed by atoms with Crippen LogP contribution in [0.5, 0.6) is 0 Å². The Balaban J connectivity index is 1.48. The lowest BCUT2D eigenvalue weighted by atomic mass is 9.81. The van der Waals surface area contributed by atoms with E-state index in [1.54, 1.807) is 0 Å². The monoisotopic (exact) mass is 598 g/mol. The van der Waals surface area contributed by atoms with Crippen LogP contribution in [-0.4, -0.2) is 0 Å². The minimum atomic E-state index is 0.0341. The first-order chi connectivity index (χ1) is 21.5. The van der Waals surface area contributed by atoms with Crippen molar-refractivity contribution in [2.75, 3.05) is 0 Å². The van der Waals surface area contributed by atoms with Gasteiger partial charge < -0.3 is 0 Å². The molecule has 2 heteroatoms. The molecule has 7 aromatic carbocycles. The summed E-state index contributed by atoms with van der Waals surface area (Å²) in [6.45, 7) is 6.96. The zero-order valence-electron chi connectivity index (χ0n) is 24.9. The van der Waals surface area contributed by atoms with Gasteiger partial charge >= 0.3 is 0 Å². The lowest BCUT2D eigenvalue weighted by Crippen LogP contribution is -2.10. The SMILES string of the molecule is CC(C)(C)c1ccc2c(-c3cccc4c3sc3ccccc34)c3ccccc3c(-c3cccc4c3sc3ccccc34)c2c1. The van der Waals surface area contributed by atoms with Gasteiger partial charge in [-0.3, -0.25) is 0 Å². The van der Waals surface area contributed by atoms with Gasteiger partial charge in [-0.05, 0) is 61.8 Å². The molecule has 9 rings (SSSR count). The molecule has 0 unspecified atom stereocenters. The topological polar surface area (TPSA) is 0 Å². The summed E-state index contributed by atoms with van der Waals surface area (Å²) >= 11 is 3.83. The lowest BCUT2D eigenvalue weighted by molar-refractivity contribution is 0.591. The van der Waals surface area contributed by atoms with E-state index >= 15 is 0 Å². The van der Waals surface area contributed by atoms with E-state index in [9.17, 15) is 0 Å². The van der Waals surface area contributed by atoms with Gasteiger partial charge in [-0.25, -0.2) is 0 Å². The van der Waals surface area contributed by atoms with Crippen LogP contribution in [0.2, 0.25) is 0 Å². The number of hydrogen-bond acceptors (Lipinski definition) is 2. The molecule has 0 saturated carbocycles. The molecule has 0 aliphatic carbocycles. The molecule has 0 bridgehead atoms. The molecule has 2 aromatic heterocycles. The summed E-state index contributed by atoms with van der Waals surface area (Å²) in [4.78, 5) is 0. The highest BCUT2D eigenvalue weighted by Crippen LogP contribution is 2.50. The molecule has 9 aromatic rings. The molecule has 44 heavy (non-hydrogen) atoms. The second-order valence-corrected chi connectivity index (χ2v) is 15.0. The molecule has 0 saturated heterocycles. The first-order valence-corrected chi connectivity index (χ1v) is 16.9. The summed E-state index contributed by atoms with van der Waals surface area (Å²) < 4.78 is 5.40. The van der Waals surface area contributed by atoms with Gasteiger partial charge in [-0.15, -0.1) is 22.7 Å². The normalized spacial score (nSPS) is 12.4. The van der Waals surface area contributed by atoms with Gasteiger partial charge in [0.05, 0.1) is 0 Å². The molecule has 0 radical (unpaired) electrons. The third kappa shape index (κ3) is 3.75. The maximum absolute atomic E-state index is 2.48. The Hall–Kier alpha value is -4.50. The quantitative estimate of drug-likeness (QED) is 0.174. The fraction of sp³-hybridized carbons (Fsp3) is 0.0952. The summed E-state index contributed by atoms with van der Waals surface area (Å²) in [5.74, 6) is 0. The Labute approximate surface area is 264 Å². The van der Waals surface area contributed by atoms with E-state index in [0.717, 1.165) is 0 Å². The van der Waals surface area contributed by atoms with Crippen molar-refractivity contribution >= 4 is 84.6 Å². The Bertz CT molecular complexity index is 2590. The molecule has 0 spiro atoms. The van der Waals surface area contributed by atoms with Crippen molar-refractivity contribution in [1.82, 2.24) is 0 Å². The lowest BCUT2D eigenvalue weighted by Gasteiger charge is -2.23. The number of thiophene rings is 2. The summed E-state index contributed by atoms with van der Waals surface area (Å²) in [6, 6.07) is 47.7. The fourth-order valence-electron chi connectivity index (χ4n) is 7.11. The number of rotatable bonds is 2. The van der Waals surface area contributed by atoms with E-state index in [4.69, 9.17) is 0 Å². The first kappa shape index (κ1) is 25.9. The van der Waals surface area contributed by atoms with Crippen LogP contribution >= 0.6 is 22.7 Å². The zero-order valence-corrected chi connectivity index (χ0v) is 26.6. The highest BCUT2D eigenvalue weighted by Gasteiger charge is 2.23. The third-order valence-electron chi connectivity index (χ3n) is 9.24. The minimum absolute atomic E-state index is 0.0341. The second kappa shape index (κ2) is 9.50. The van der Waals surface area contributed by atoms with Crippen LogP contribution in [-0.2, 0) is 5.41 Å². The van der Waals surface area contributed by atoms with Gasteiger partial charge in [0.1, 0.15) is 0 Å². The maximum atomic E-state index is 2.48. The average molecular weight is 599 g/mol. The molecule has 0 amide bonds. The van der Waals surface area contributed by atoms with Gasteiger partial charge in [0.25, 0.3) is 0 Å². The number of fused-ring (bicyclic) bond motifs is 8. The van der Waals surface area contributed by atoms with E-state index in [1.807, 2.05) is 22.7 Å². The van der Waals surface area contributed by atoms with Crippen LogP contribution in [0.15, 0.2) is 127 Å². The largest absolute Gasteiger partial charge is 0.135 e. The van der Waals surface area contributed by atoms with Crippen molar-refractivity contribution in [3.05, 3.63) is 133 Å². The molecule has 0 N–H and O–H groups in total. The molecule has 0 nitrogen and oxygen atoms in total. The molecule has 0 fully saturated rings. The summed E-state index contributed by atoms with van der Waals surface area (Å²) in [7, 11) is 0. The summed E-state index contributed by atoms with van der Waals surface area (Å²) in [5, 5.41) is 10.6. The van der Waals surface area contributed by atoms with Crippen LogP contribution in [0.25, 0.3) is 84.1 Å². The second-order valence-electron chi connectivity index (χ2n) is 12.9. The van der Waals surface area contributed by atoms with Crippen molar-refractivity contribution in [2.45, 2.75) is 26.2 Å². The average Bonchev–Trinajstić information content (AvgIpc) is 3.62. The van der Waals surface area contributed by atoms with E-state index in [1.165, 1.54) is 89.7 Å². The Morgan fingerprint density at radius 1 is 0.386 bits per heavy atom. The summed E-state index contributed by atoms with van der Waals surface area (Å²) in [5.41, 5.74) is 6.71. The van der Waals surface area contributed by atoms with Gasteiger partial charge in [0, 0.05) is 51.5 Å². The number of benzene rings is 7. The Morgan fingerprint density at radius 2 is 0.818 bits per heavy atom. The third-order valence-corrected chi connectivity index (χ3v) is 11.7. The highest BCUT2D eigenvalue weighted by atomic mass is 32.1. The molecule has 0 aliphatic rings. The van der Waals surface area contributed by atoms with Crippen LogP contribution in [0, 0.1) is 0 Å². The summed E-state index contributed by atoms with van der Waals surface area (Å²) in [6.07, 6.45) is 0. The number of hydrogen-bond donors (Lipinski definition) is 0. The van der Waals surface area contributed by atoms with Crippen molar-refractivity contribution < 1.29 is 0 Å². The van der Waals surface area contributed by atoms with Gasteiger partial charge in [-0.1, -0.05) is 130 Å². The van der Waals surface area contributed by atoms with E-state index in [0.29, 0.717) is 0 Å². The molecule has 0 atom stereocenters. The highest BCUT2D eigenvalue weighted by molar-refractivity contribution is 7.26. The van der Waals surface area contributed by atoms with Crippen LogP contribution in [0.4, 0.5) is 0 Å². The van der Waals surface area contributed by atoms with Crippen molar-refractivity contribution in [3.8, 4) is 22.3 Å². The predicted octanol–water partition coefficient (Wildman–Crippen LogP) is 13.4. The van der Waals surface area contributed by atoms with Crippen LogP contribution < -0.4 is 0 Å². The molecule has 210 valence electrons. The minimum Gasteiger partial charge on any atom is -0.135 e. The van der Waals surface area contributed by atoms with Gasteiger partial charge in [0.15, 0.2) is 0 Å². The van der Waals surface area contributed by atoms with Gasteiger partial charge in [0.2, 0.25) is 0 Å². The fourth-order valence-corrected chi connectivity index (χ4v) is 9.56. The molecular formula is C42H30S2. The molecule has 2 heterocycles. The van der Waals surface area contributed by atoms with Crippen molar-refractivity contribution in [3.63, 3.8) is 0 Å².